The summed E-state index contributed by atoms with van der Waals surface area (Å²) in [5, 5.41) is 1.93. The largest absolute Gasteiger partial charge is 0.467 e. The molecule has 5 heterocycles. The summed E-state index contributed by atoms with van der Waals surface area (Å²) in [4.78, 5) is 43.1. The molecule has 0 radical (unpaired) electrons. The number of benzene rings is 2. The lowest BCUT2D eigenvalue weighted by Gasteiger charge is -2.41. The lowest BCUT2D eigenvalue weighted by atomic mass is 9.95. The van der Waals surface area contributed by atoms with Crippen LogP contribution in [0.15, 0.2) is 18.2 Å². The average molecular weight is 840 g/mol. The Morgan fingerprint density at radius 3 is 2.26 bits per heavy atom. The lowest BCUT2D eigenvalue weighted by Crippen LogP contribution is -2.55. The van der Waals surface area contributed by atoms with E-state index in [-0.39, 0.29) is 57.8 Å². The number of nitrogens with one attached hydrogen (secondary N) is 1. The highest BCUT2D eigenvalue weighted by Crippen LogP contribution is 2.46. The van der Waals surface area contributed by atoms with Crippen molar-refractivity contribution in [1.29, 1.82) is 0 Å². The molecule has 3 aliphatic rings. The van der Waals surface area contributed by atoms with Crippen molar-refractivity contribution in [3.63, 3.8) is 0 Å². The van der Waals surface area contributed by atoms with Crippen molar-refractivity contribution >= 4 is 55.6 Å². The number of anilines is 2. The molecule has 3 saturated heterocycles. The third-order valence-electron chi connectivity index (χ3n) is 9.77. The number of aromatic nitrogens is 3. The highest BCUT2D eigenvalue weighted by atomic mass is 32.1. The van der Waals surface area contributed by atoms with Crippen LogP contribution in [-0.2, 0) is 15.7 Å². The number of carbonyl (C=O) groups excluding carboxylic acids is 2. The highest BCUT2D eigenvalue weighted by molar-refractivity contribution is 7.22. The summed E-state index contributed by atoms with van der Waals surface area (Å²) >= 11 is 0.651. The number of hydrogen-bond donors (Lipinski definition) is 1. The van der Waals surface area contributed by atoms with Gasteiger partial charge < -0.3 is 24.0 Å². The molecule has 316 valence electrons. The third kappa shape index (κ3) is 9.45. The zero-order valence-electron chi connectivity index (χ0n) is 33.5. The van der Waals surface area contributed by atoms with Crippen LogP contribution in [0.25, 0.3) is 32.2 Å². The van der Waals surface area contributed by atoms with Gasteiger partial charge in [0.05, 0.1) is 22.9 Å². The molecule has 2 aromatic heterocycles. The van der Waals surface area contributed by atoms with E-state index in [9.17, 15) is 31.5 Å². The van der Waals surface area contributed by atoms with E-state index < -0.39 is 70.1 Å². The van der Waals surface area contributed by atoms with Crippen molar-refractivity contribution in [2.24, 2.45) is 0 Å². The van der Waals surface area contributed by atoms with E-state index in [0.717, 1.165) is 31.2 Å². The number of nitrogens with zero attached hydrogens (tertiary/aromatic N) is 6. The molecule has 2 aromatic carbocycles. The molecule has 0 bridgehead atoms. The molecule has 58 heavy (non-hydrogen) atoms. The minimum Gasteiger partial charge on any atom is -0.467 e. The van der Waals surface area contributed by atoms with Gasteiger partial charge in [0, 0.05) is 54.8 Å². The van der Waals surface area contributed by atoms with Crippen LogP contribution in [0.1, 0.15) is 73.3 Å². The van der Waals surface area contributed by atoms with Crippen molar-refractivity contribution in [2.45, 2.75) is 103 Å². The van der Waals surface area contributed by atoms with Gasteiger partial charge in [-0.3, -0.25) is 10.2 Å². The molecule has 3 atom stereocenters. The Hall–Kier alpha value is -4.65. The molecule has 2 amide bonds. The number of rotatable bonds is 4. The summed E-state index contributed by atoms with van der Waals surface area (Å²) in [5.41, 5.74) is -5.09. The maximum absolute atomic E-state index is 16.7. The molecule has 3 unspecified atom stereocenters. The first-order valence-electron chi connectivity index (χ1n) is 18.9. The van der Waals surface area contributed by atoms with E-state index in [1.54, 1.807) is 53.4 Å². The van der Waals surface area contributed by atoms with Crippen LogP contribution in [0.5, 0.6) is 6.01 Å². The zero-order chi connectivity index (χ0) is 42.5. The number of hydrogen-bond acceptors (Lipinski definition) is 11. The molecule has 4 aromatic rings. The highest BCUT2D eigenvalue weighted by Gasteiger charge is 2.40. The predicted octanol–water partition coefficient (Wildman–Crippen LogP) is 9.20. The summed E-state index contributed by atoms with van der Waals surface area (Å²) in [6, 6.07) is 2.48. The Morgan fingerprint density at radius 2 is 1.64 bits per heavy atom. The van der Waals surface area contributed by atoms with Crippen LogP contribution in [0, 0.1) is 11.6 Å². The first-order valence-corrected chi connectivity index (χ1v) is 19.7. The average Bonchev–Trinajstić information content (AvgIpc) is 3.82. The molecular weight excluding hydrogens is 793 g/mol. The van der Waals surface area contributed by atoms with Crippen LogP contribution in [0.4, 0.5) is 46.9 Å². The van der Waals surface area contributed by atoms with Gasteiger partial charge in [0.1, 0.15) is 34.5 Å². The van der Waals surface area contributed by atoms with Crippen LogP contribution in [-0.4, -0.2) is 106 Å². The second-order valence-electron chi connectivity index (χ2n) is 16.6. The Labute approximate surface area is 335 Å². The number of fused-ring (bicyclic) bond motifs is 3. The number of piperazine rings is 1. The van der Waals surface area contributed by atoms with E-state index >= 15 is 4.39 Å². The smallest absolute Gasteiger partial charge is 0.417 e. The Kier molecular flexibility index (Phi) is 12.0. The number of halogens is 6. The lowest BCUT2D eigenvalue weighted by molar-refractivity contribution is -0.137. The predicted molar refractivity (Wildman–Crippen MR) is 208 cm³/mol. The number of carbonyl (C=O) groups is 2. The number of amides is 2. The van der Waals surface area contributed by atoms with Crippen molar-refractivity contribution < 1.29 is 50.1 Å². The van der Waals surface area contributed by atoms with E-state index in [1.165, 1.54) is 24.9 Å². The Balaban J connectivity index is 0.000000548. The first-order chi connectivity index (χ1) is 27.0. The van der Waals surface area contributed by atoms with Crippen molar-refractivity contribution in [2.75, 3.05) is 50.1 Å². The normalized spacial score (nSPS) is 20.2. The molecule has 1 N–H and O–H groups in total. The van der Waals surface area contributed by atoms with Crippen LogP contribution in [0.2, 0.25) is 0 Å². The number of methoxy groups -OCH3 is 1. The second-order valence-corrected chi connectivity index (χ2v) is 17.6. The number of thiazole rings is 1. The van der Waals surface area contributed by atoms with Crippen molar-refractivity contribution in [3.05, 3.63) is 35.4 Å². The number of alkyl halides is 4. The van der Waals surface area contributed by atoms with Gasteiger partial charge in [-0.05, 0) is 92.5 Å². The Bertz CT molecular complexity index is 2180. The van der Waals surface area contributed by atoms with Gasteiger partial charge in [0.15, 0.2) is 10.9 Å². The molecule has 0 spiro atoms. The molecule has 19 heteroatoms. The van der Waals surface area contributed by atoms with Crippen LogP contribution >= 0.6 is 11.3 Å². The maximum Gasteiger partial charge on any atom is 0.417 e. The molecule has 0 saturated carbocycles. The fraction of sp³-hybridized carbons (Fsp3) is 0.564. The van der Waals surface area contributed by atoms with Crippen molar-refractivity contribution in [3.8, 4) is 17.1 Å². The second kappa shape index (κ2) is 16.2. The minimum atomic E-state index is -5.10. The molecule has 3 fully saturated rings. The summed E-state index contributed by atoms with van der Waals surface area (Å²) in [5.74, 6) is -2.24. The van der Waals surface area contributed by atoms with Gasteiger partial charge in [-0.2, -0.15) is 23.1 Å². The van der Waals surface area contributed by atoms with E-state index in [2.05, 4.69) is 25.2 Å². The zero-order valence-corrected chi connectivity index (χ0v) is 34.3. The van der Waals surface area contributed by atoms with Crippen molar-refractivity contribution in [1.82, 2.24) is 24.8 Å². The van der Waals surface area contributed by atoms with E-state index in [4.69, 9.17) is 14.2 Å². The topological polar surface area (TPSA) is 122 Å². The minimum absolute atomic E-state index is 0.0322. The first kappa shape index (κ1) is 42.9. The Morgan fingerprint density at radius 1 is 0.931 bits per heavy atom. The molecular formula is C39H47F6N7O5S. The van der Waals surface area contributed by atoms with Gasteiger partial charge in [0.2, 0.25) is 0 Å². The third-order valence-corrected chi connectivity index (χ3v) is 10.7. The molecule has 3 aliphatic heterocycles. The molecule has 7 rings (SSSR count). The van der Waals surface area contributed by atoms with Gasteiger partial charge in [-0.1, -0.05) is 11.3 Å². The van der Waals surface area contributed by atoms with E-state index in [0.29, 0.717) is 23.9 Å². The maximum atomic E-state index is 16.7. The van der Waals surface area contributed by atoms with Gasteiger partial charge in [-0.25, -0.2) is 27.7 Å². The van der Waals surface area contributed by atoms with Gasteiger partial charge in [-0.15, -0.1) is 0 Å². The molecule has 0 aliphatic carbocycles. The summed E-state index contributed by atoms with van der Waals surface area (Å²) in [6.07, 6.45) is -3.75. The monoisotopic (exact) mass is 839 g/mol. The summed E-state index contributed by atoms with van der Waals surface area (Å²) in [6.45, 7) is 14.1. The number of ether oxygens (including phenoxy) is 3. The fourth-order valence-electron chi connectivity index (χ4n) is 7.40. The quantitative estimate of drug-likeness (QED) is 0.199. The van der Waals surface area contributed by atoms with Gasteiger partial charge >= 0.3 is 24.4 Å². The van der Waals surface area contributed by atoms with Crippen LogP contribution in [0.3, 0.4) is 0 Å². The van der Waals surface area contributed by atoms with E-state index in [1.807, 2.05) is 0 Å². The summed E-state index contributed by atoms with van der Waals surface area (Å²) in [7, 11) is 1.23. The summed E-state index contributed by atoms with van der Waals surface area (Å²) < 4.78 is 105. The molecule has 12 nitrogen and oxygen atoms in total. The standard InChI is InChI=1S/C32H35F5N6O5S.C7H12FN/c1-15-14-42(11-12-43(15)29(45)48-31(5,6)7)25-17-13-18(32(35,36)37)20(21(34)22(17)38-26(40-25)46-8)16-9-10-19(33)24-23(16)39-27(49-24)41-28(44)47-30(2,3)4;8-6-4-7-2-1-3-9(7)5-6/h9-10,13,15H,11-12,14H2,1-8H3,(H,39,41,44);6-7H,1-5H2. The van der Waals surface area contributed by atoms with Crippen LogP contribution < -0.4 is 15.0 Å². The fourth-order valence-corrected chi connectivity index (χ4v) is 8.28. The van der Waals surface area contributed by atoms with Gasteiger partial charge in [0.25, 0.3) is 0 Å². The SMILES string of the molecule is COc1nc(N2CCN(C(=O)OC(C)(C)C)C(C)C2)c2cc(C(F)(F)F)c(-c3ccc(F)c4sc(NC(=O)OC(C)(C)C)nc34)c(F)c2n1.FC1CC2CCCN2C1.